The summed E-state index contributed by atoms with van der Waals surface area (Å²) in [5.74, 6) is -0.982. The van der Waals surface area contributed by atoms with Crippen molar-refractivity contribution in [3.8, 4) is 11.3 Å². The van der Waals surface area contributed by atoms with Crippen molar-refractivity contribution in [3.63, 3.8) is 0 Å². The molecule has 2 aliphatic rings. The average Bonchev–Trinajstić information content (AvgIpc) is 3.22. The van der Waals surface area contributed by atoms with E-state index in [1.165, 1.54) is 12.1 Å². The number of fused-ring (bicyclic) bond motifs is 1. The highest BCUT2D eigenvalue weighted by Gasteiger charge is 2.43. The normalized spacial score (nSPS) is 18.6. The Morgan fingerprint density at radius 2 is 1.97 bits per heavy atom. The number of benzene rings is 1. The zero-order chi connectivity index (χ0) is 26.6. The van der Waals surface area contributed by atoms with Gasteiger partial charge in [-0.05, 0) is 37.1 Å². The first-order valence-electron chi connectivity index (χ1n) is 11.6. The number of nitrogens with zero attached hydrogens (tertiary/aromatic N) is 4. The van der Waals surface area contributed by atoms with E-state index >= 15 is 0 Å². The van der Waals surface area contributed by atoms with Gasteiger partial charge in [0.25, 0.3) is 6.43 Å². The van der Waals surface area contributed by atoms with Crippen LogP contribution in [0.1, 0.15) is 23.4 Å². The predicted octanol–water partition coefficient (Wildman–Crippen LogP) is 4.30. The molecule has 2 aromatic heterocycles. The van der Waals surface area contributed by atoms with Crippen molar-refractivity contribution in [1.29, 1.82) is 0 Å². The Morgan fingerprint density at radius 3 is 2.57 bits per heavy atom. The van der Waals surface area contributed by atoms with Crippen LogP contribution >= 0.6 is 0 Å². The van der Waals surface area contributed by atoms with Gasteiger partial charge in [-0.25, -0.2) is 26.6 Å². The van der Waals surface area contributed by atoms with Crippen molar-refractivity contribution in [2.45, 2.75) is 43.7 Å². The molecule has 1 unspecified atom stereocenters. The zero-order valence-corrected chi connectivity index (χ0v) is 21.1. The predicted molar refractivity (Wildman–Crippen MR) is 133 cm³/mol. The highest BCUT2D eigenvalue weighted by Crippen LogP contribution is 2.40. The van der Waals surface area contributed by atoms with Crippen LogP contribution in [0, 0.1) is 12.8 Å². The number of aliphatic imine (C=N–C) groups is 1. The number of Topliss-reactive ketones (excluding diaryl/α,β-unsaturated/α-hetero) is 1. The van der Waals surface area contributed by atoms with Gasteiger partial charge in [0.1, 0.15) is 17.6 Å². The fraction of sp³-hybridized carbons (Fsp3) is 0.360. The molecule has 1 saturated carbocycles. The highest BCUT2D eigenvalue weighted by molar-refractivity contribution is 7.90. The minimum atomic E-state index is -3.73. The van der Waals surface area contributed by atoms with Gasteiger partial charge in [-0.15, -0.1) is 0 Å². The smallest absolute Gasteiger partial charge is 0.277 e. The lowest BCUT2D eigenvalue weighted by Gasteiger charge is -2.15. The van der Waals surface area contributed by atoms with Crippen LogP contribution in [0.25, 0.3) is 11.3 Å². The molecule has 1 aliphatic carbocycles. The number of aromatic nitrogens is 3. The molecule has 5 rings (SSSR count). The summed E-state index contributed by atoms with van der Waals surface area (Å²) in [6, 6.07) is 6.26. The second-order valence-electron chi connectivity index (χ2n) is 9.48. The number of hydrogen-bond acceptors (Lipinski definition) is 7. The molecular formula is C25H24F3N5O3S. The molecule has 12 heteroatoms. The third kappa shape index (κ3) is 5.02. The van der Waals surface area contributed by atoms with Crippen LogP contribution in [0.2, 0.25) is 0 Å². The van der Waals surface area contributed by atoms with Crippen molar-refractivity contribution in [3.05, 3.63) is 47.4 Å². The van der Waals surface area contributed by atoms with E-state index in [9.17, 15) is 26.4 Å². The Bertz CT molecular complexity index is 1570. The molecule has 3 heterocycles. The molecule has 2 atom stereocenters. The van der Waals surface area contributed by atoms with Crippen molar-refractivity contribution in [1.82, 2.24) is 14.8 Å². The molecule has 1 aromatic carbocycles. The quantitative estimate of drug-likeness (QED) is 0.465. The number of sulfone groups is 1. The Balaban J connectivity index is 1.56. The van der Waals surface area contributed by atoms with Crippen LogP contribution in [-0.2, 0) is 34.5 Å². The Kier molecular flexibility index (Phi) is 6.17. The topological polar surface area (TPSA) is 106 Å². The summed E-state index contributed by atoms with van der Waals surface area (Å²) in [6.45, 7) is 1.86. The highest BCUT2D eigenvalue weighted by atomic mass is 32.2. The lowest BCUT2D eigenvalue weighted by atomic mass is 10.1. The van der Waals surface area contributed by atoms with Crippen molar-refractivity contribution in [2.24, 2.45) is 18.0 Å². The zero-order valence-electron chi connectivity index (χ0n) is 20.3. The van der Waals surface area contributed by atoms with Gasteiger partial charge in [0.2, 0.25) is 0 Å². The maximum atomic E-state index is 13.4. The van der Waals surface area contributed by atoms with Crippen LogP contribution in [0.4, 0.5) is 30.2 Å². The minimum absolute atomic E-state index is 0.0208. The Morgan fingerprint density at radius 1 is 1.24 bits per heavy atom. The van der Waals surface area contributed by atoms with E-state index in [4.69, 9.17) is 0 Å². The SMILES string of the molecule is Cc1cn(C)nc1-c1ccc(Nc2cc(CC(=O)C3C[C@@H]3F)nc3c2N=C(C(F)F)C3)c(S(C)(=O)=O)c1. The molecular weight excluding hydrogens is 507 g/mol. The van der Waals surface area contributed by atoms with E-state index in [1.807, 2.05) is 13.1 Å². The third-order valence-electron chi connectivity index (χ3n) is 6.39. The van der Waals surface area contributed by atoms with E-state index in [2.05, 4.69) is 20.4 Å². The van der Waals surface area contributed by atoms with Crippen LogP contribution < -0.4 is 5.32 Å². The summed E-state index contributed by atoms with van der Waals surface area (Å²) < 4.78 is 67.3. The second kappa shape index (κ2) is 9.09. The lowest BCUT2D eigenvalue weighted by molar-refractivity contribution is -0.120. The molecule has 37 heavy (non-hydrogen) atoms. The van der Waals surface area contributed by atoms with Gasteiger partial charge in [0.05, 0.1) is 45.0 Å². The lowest BCUT2D eigenvalue weighted by Crippen LogP contribution is -2.12. The number of ketones is 1. The molecule has 0 amide bonds. The van der Waals surface area contributed by atoms with E-state index in [0.717, 1.165) is 11.8 Å². The first-order valence-corrected chi connectivity index (χ1v) is 13.5. The van der Waals surface area contributed by atoms with Gasteiger partial charge in [-0.2, -0.15) is 5.10 Å². The fourth-order valence-corrected chi connectivity index (χ4v) is 5.35. The number of halogens is 3. The fourth-order valence-electron chi connectivity index (χ4n) is 4.49. The summed E-state index contributed by atoms with van der Waals surface area (Å²) in [7, 11) is -1.97. The van der Waals surface area contributed by atoms with Crippen LogP contribution in [0.5, 0.6) is 0 Å². The molecule has 1 fully saturated rings. The molecule has 0 spiro atoms. The van der Waals surface area contributed by atoms with Crippen LogP contribution in [0.15, 0.2) is 40.4 Å². The van der Waals surface area contributed by atoms with Crippen LogP contribution in [-0.4, -0.2) is 53.5 Å². The monoisotopic (exact) mass is 531 g/mol. The van der Waals surface area contributed by atoms with E-state index in [0.29, 0.717) is 11.3 Å². The molecule has 0 saturated heterocycles. The number of nitrogens with one attached hydrogen (secondary N) is 1. The second-order valence-corrected chi connectivity index (χ2v) is 11.5. The van der Waals surface area contributed by atoms with Gasteiger partial charge in [-0.1, -0.05) is 6.07 Å². The van der Waals surface area contributed by atoms with E-state index in [1.54, 1.807) is 23.9 Å². The van der Waals surface area contributed by atoms with Crippen LogP contribution in [0.3, 0.4) is 0 Å². The van der Waals surface area contributed by atoms with Gasteiger partial charge >= 0.3 is 0 Å². The summed E-state index contributed by atoms with van der Waals surface area (Å²) in [6.07, 6.45) is -1.25. The number of carbonyl (C=O) groups is 1. The Hall–Kier alpha value is -3.54. The summed E-state index contributed by atoms with van der Waals surface area (Å²) in [4.78, 5) is 20.7. The number of aryl methyl sites for hydroxylation is 2. The van der Waals surface area contributed by atoms with Gasteiger partial charge in [-0.3, -0.25) is 14.5 Å². The number of anilines is 2. The standard InChI is InChI=1S/C25H24F3N5O3S/c1-12-11-33(2)32-23(12)13-4-5-17(22(6-13)37(3,35)36)30-18-7-14(8-21(34)15-9-16(15)26)29-19-10-20(25(27)28)31-24(18)19/h4-7,11,15-16,25H,8-10H2,1-3H3,(H,29,30)/t15?,16-/m0/s1. The molecule has 0 radical (unpaired) electrons. The largest absolute Gasteiger partial charge is 0.353 e. The first kappa shape index (κ1) is 25.1. The van der Waals surface area contributed by atoms with Gasteiger partial charge in [0, 0.05) is 37.9 Å². The Labute approximate surface area is 211 Å². The van der Waals surface area contributed by atoms with Gasteiger partial charge < -0.3 is 5.32 Å². The van der Waals surface area contributed by atoms with Gasteiger partial charge in [0.15, 0.2) is 9.84 Å². The molecule has 3 aromatic rings. The maximum Gasteiger partial charge on any atom is 0.277 e. The molecule has 1 aliphatic heterocycles. The van der Waals surface area contributed by atoms with Crippen molar-refractivity contribution in [2.75, 3.05) is 11.6 Å². The number of pyridine rings is 1. The number of carbonyl (C=O) groups excluding carboxylic acids is 1. The summed E-state index contributed by atoms with van der Waals surface area (Å²) >= 11 is 0. The average molecular weight is 532 g/mol. The number of rotatable bonds is 8. The van der Waals surface area contributed by atoms with E-state index in [-0.39, 0.29) is 64.1 Å². The summed E-state index contributed by atoms with van der Waals surface area (Å²) in [5.41, 5.74) is 2.84. The minimum Gasteiger partial charge on any atom is -0.353 e. The van der Waals surface area contributed by atoms with Crippen molar-refractivity contribution >= 4 is 38.4 Å². The first-order chi connectivity index (χ1) is 17.4. The molecule has 8 nitrogen and oxygen atoms in total. The third-order valence-corrected chi connectivity index (χ3v) is 7.53. The molecule has 1 N–H and O–H groups in total. The number of alkyl halides is 3. The molecule has 0 bridgehead atoms. The summed E-state index contributed by atoms with van der Waals surface area (Å²) in [5, 5.41) is 7.42. The van der Waals surface area contributed by atoms with Crippen molar-refractivity contribution < 1.29 is 26.4 Å². The number of hydrogen-bond donors (Lipinski definition) is 1. The maximum absolute atomic E-state index is 13.4. The molecule has 194 valence electrons. The van der Waals surface area contributed by atoms with E-state index < -0.39 is 28.4 Å².